The average Bonchev–Trinajstić information content (AvgIpc) is 3.32. The number of ketones is 1. The third-order valence-corrected chi connectivity index (χ3v) is 9.04. The molecular formula is C20H26O6. The van der Waals surface area contributed by atoms with E-state index < -0.39 is 28.8 Å². The highest BCUT2D eigenvalue weighted by molar-refractivity contribution is 6.05. The van der Waals surface area contributed by atoms with Gasteiger partial charge in [-0.3, -0.25) is 4.79 Å². The third-order valence-electron chi connectivity index (χ3n) is 9.04. The lowest BCUT2D eigenvalue weighted by atomic mass is 9.36. The molecule has 7 fully saturated rings. The molecule has 7 aliphatic rings. The van der Waals surface area contributed by atoms with Gasteiger partial charge in [0.2, 0.25) is 5.79 Å². The number of hydrogen-bond acceptors (Lipinski definition) is 6. The summed E-state index contributed by atoms with van der Waals surface area (Å²) in [5.74, 6) is -3.26. The molecule has 3 heterocycles. The number of aliphatic hydroxyl groups is 3. The second-order valence-electron chi connectivity index (χ2n) is 10.2. The Balaban J connectivity index is 1.65. The Hall–Kier alpha value is -0.790. The van der Waals surface area contributed by atoms with Crippen molar-refractivity contribution in [1.82, 2.24) is 0 Å². The fraction of sp³-hybridized carbons (Fsp3) is 0.850. The average molecular weight is 362 g/mol. The number of Topliss-reactive ketones (excluding diaryl/α,β-unsaturated/α-hetero) is 1. The van der Waals surface area contributed by atoms with Gasteiger partial charge in [-0.2, -0.15) is 0 Å². The number of rotatable bonds is 0. The number of fused-ring (bicyclic) bond motifs is 3. The smallest absolute Gasteiger partial charge is 0.208 e. The Morgan fingerprint density at radius 1 is 1.19 bits per heavy atom. The van der Waals surface area contributed by atoms with Crippen molar-refractivity contribution in [3.8, 4) is 0 Å². The number of carbonyl (C=O) groups excluding carboxylic acids is 1. The summed E-state index contributed by atoms with van der Waals surface area (Å²) >= 11 is 0. The summed E-state index contributed by atoms with van der Waals surface area (Å²) in [5.41, 5.74) is -1.96. The van der Waals surface area contributed by atoms with E-state index in [2.05, 4.69) is 20.4 Å². The predicted molar refractivity (Wildman–Crippen MR) is 88.7 cm³/mol. The monoisotopic (exact) mass is 362 g/mol. The van der Waals surface area contributed by atoms with Crippen molar-refractivity contribution >= 4 is 5.78 Å². The number of ether oxygens (including phenoxy) is 2. The van der Waals surface area contributed by atoms with Gasteiger partial charge in [0.1, 0.15) is 11.5 Å². The van der Waals surface area contributed by atoms with Gasteiger partial charge in [0, 0.05) is 17.3 Å². The Bertz CT molecular complexity index is 761. The fourth-order valence-corrected chi connectivity index (χ4v) is 8.30. The second kappa shape index (κ2) is 4.13. The first-order valence-electron chi connectivity index (χ1n) is 9.75. The third kappa shape index (κ3) is 1.26. The highest BCUT2D eigenvalue weighted by Crippen LogP contribution is 2.78. The summed E-state index contributed by atoms with van der Waals surface area (Å²) in [6, 6.07) is 0. The summed E-state index contributed by atoms with van der Waals surface area (Å²) in [4.78, 5) is 13.4. The lowest BCUT2D eigenvalue weighted by Gasteiger charge is -2.73. The Morgan fingerprint density at radius 2 is 1.92 bits per heavy atom. The van der Waals surface area contributed by atoms with Gasteiger partial charge in [0.05, 0.1) is 24.9 Å². The summed E-state index contributed by atoms with van der Waals surface area (Å²) in [5, 5.41) is 34.2. The van der Waals surface area contributed by atoms with E-state index in [0.29, 0.717) is 18.4 Å². The van der Waals surface area contributed by atoms with E-state index in [0.717, 1.165) is 6.42 Å². The first-order valence-corrected chi connectivity index (χ1v) is 9.75. The van der Waals surface area contributed by atoms with E-state index in [1.807, 2.05) is 0 Å². The van der Waals surface area contributed by atoms with Crippen LogP contribution in [-0.2, 0) is 14.3 Å². The zero-order valence-corrected chi connectivity index (χ0v) is 15.1. The van der Waals surface area contributed by atoms with Crippen LogP contribution in [0.1, 0.15) is 33.1 Å². The maximum Gasteiger partial charge on any atom is 0.208 e. The van der Waals surface area contributed by atoms with E-state index in [9.17, 15) is 20.1 Å². The maximum atomic E-state index is 13.4. The van der Waals surface area contributed by atoms with Crippen molar-refractivity contribution in [2.45, 2.75) is 63.3 Å². The van der Waals surface area contributed by atoms with Crippen molar-refractivity contribution in [2.24, 2.45) is 34.0 Å². The van der Waals surface area contributed by atoms with Crippen LogP contribution in [0.5, 0.6) is 0 Å². The molecule has 6 nitrogen and oxygen atoms in total. The van der Waals surface area contributed by atoms with Crippen LogP contribution in [0.4, 0.5) is 0 Å². The molecule has 3 aliphatic heterocycles. The van der Waals surface area contributed by atoms with Gasteiger partial charge in [-0.25, -0.2) is 0 Å². The molecular weight excluding hydrogens is 336 g/mol. The molecule has 0 aromatic heterocycles. The van der Waals surface area contributed by atoms with Gasteiger partial charge in [0.25, 0.3) is 0 Å². The van der Waals surface area contributed by atoms with Crippen molar-refractivity contribution in [2.75, 3.05) is 6.61 Å². The Labute approximate surface area is 152 Å². The Kier molecular flexibility index (Phi) is 2.57. The van der Waals surface area contributed by atoms with Crippen molar-refractivity contribution in [3.05, 3.63) is 12.2 Å². The minimum atomic E-state index is -2.07. The van der Waals surface area contributed by atoms with Crippen LogP contribution in [0.3, 0.4) is 0 Å². The van der Waals surface area contributed by atoms with Gasteiger partial charge in [-0.15, -0.1) is 0 Å². The highest BCUT2D eigenvalue weighted by Gasteiger charge is 2.89. The maximum absolute atomic E-state index is 13.4. The van der Waals surface area contributed by atoms with Gasteiger partial charge in [-0.1, -0.05) is 20.4 Å². The van der Waals surface area contributed by atoms with Crippen LogP contribution in [0.2, 0.25) is 0 Å². The molecule has 26 heavy (non-hydrogen) atoms. The quantitative estimate of drug-likeness (QED) is 0.426. The fourth-order valence-electron chi connectivity index (χ4n) is 8.30. The van der Waals surface area contributed by atoms with Gasteiger partial charge in [0.15, 0.2) is 5.78 Å². The minimum Gasteiger partial charge on any atom is -0.391 e. The molecule has 4 saturated carbocycles. The second-order valence-corrected chi connectivity index (χ2v) is 10.2. The van der Waals surface area contributed by atoms with Crippen LogP contribution < -0.4 is 0 Å². The van der Waals surface area contributed by atoms with Crippen LogP contribution in [0, 0.1) is 34.0 Å². The number of aliphatic hydroxyl groups excluding tert-OH is 2. The van der Waals surface area contributed by atoms with Crippen LogP contribution in [0.15, 0.2) is 12.2 Å². The first-order chi connectivity index (χ1) is 12.1. The molecule has 3 N–H and O–H groups in total. The van der Waals surface area contributed by atoms with Crippen molar-refractivity contribution < 1.29 is 29.6 Å². The number of carbonyl (C=O) groups is 1. The highest BCUT2D eigenvalue weighted by atomic mass is 16.7. The molecule has 7 rings (SSSR count). The van der Waals surface area contributed by atoms with E-state index >= 15 is 0 Å². The van der Waals surface area contributed by atoms with Gasteiger partial charge in [-0.05, 0) is 36.2 Å². The summed E-state index contributed by atoms with van der Waals surface area (Å²) < 4.78 is 12.0. The van der Waals surface area contributed by atoms with Crippen LogP contribution >= 0.6 is 0 Å². The molecule has 0 radical (unpaired) electrons. The van der Waals surface area contributed by atoms with E-state index in [1.165, 1.54) is 0 Å². The predicted octanol–water partition coefficient (Wildman–Crippen LogP) is 0.392. The zero-order chi connectivity index (χ0) is 18.4. The topological polar surface area (TPSA) is 99.5 Å². The molecule has 0 aromatic carbocycles. The minimum absolute atomic E-state index is 0.0766. The van der Waals surface area contributed by atoms with Gasteiger partial charge < -0.3 is 24.8 Å². The Morgan fingerprint density at radius 3 is 2.65 bits per heavy atom. The SMILES string of the molecule is C=C1C(=O)[C@]23[C@H](O)[C@H]1CC[C@H]2[C@@]12CO[C@@]3(O)[C@@H](O)[C@@H]1C(C)(C)C[C@H]1O[C@H]12. The molecule has 0 unspecified atom stereocenters. The van der Waals surface area contributed by atoms with Crippen molar-refractivity contribution in [1.29, 1.82) is 0 Å². The van der Waals surface area contributed by atoms with E-state index in [1.54, 1.807) is 0 Å². The molecule has 142 valence electrons. The molecule has 6 heteroatoms. The lowest BCUT2D eigenvalue weighted by molar-refractivity contribution is -0.447. The molecule has 0 amide bonds. The molecule has 0 aromatic rings. The molecule has 2 spiro atoms. The van der Waals surface area contributed by atoms with Crippen molar-refractivity contribution in [3.63, 3.8) is 0 Å². The summed E-state index contributed by atoms with van der Waals surface area (Å²) in [6.45, 7) is 8.40. The molecule has 4 bridgehead atoms. The first kappa shape index (κ1) is 16.2. The number of hydrogen-bond donors (Lipinski definition) is 3. The molecule has 4 aliphatic carbocycles. The van der Waals surface area contributed by atoms with Crippen LogP contribution in [-0.4, -0.2) is 57.9 Å². The van der Waals surface area contributed by atoms with E-state index in [4.69, 9.17) is 9.47 Å². The van der Waals surface area contributed by atoms with Gasteiger partial charge >= 0.3 is 0 Å². The normalized spacial score (nSPS) is 64.0. The standard InChI is InChI=1S/C20H26O6/c1-8-9-4-5-11-18-7-25-20(24,19(11,13(8)21)14(9)22)15(23)12(18)17(2,3)6-10-16(18)26-10/h9-12,14-16,22-24H,1,4-7H2,2-3H3/t9-,10+,11-,12+,14+,15-,16+,18-,19-,20-/m0/s1. The largest absolute Gasteiger partial charge is 0.391 e. The summed E-state index contributed by atoms with van der Waals surface area (Å²) in [6.07, 6.45) is -0.0684. The zero-order valence-electron chi connectivity index (χ0n) is 15.1. The van der Waals surface area contributed by atoms with E-state index in [-0.39, 0.29) is 47.8 Å². The molecule has 3 saturated heterocycles. The van der Waals surface area contributed by atoms with Crippen LogP contribution in [0.25, 0.3) is 0 Å². The summed E-state index contributed by atoms with van der Waals surface area (Å²) in [7, 11) is 0. The lowest BCUT2D eigenvalue weighted by Crippen LogP contribution is -2.84. The molecule has 10 atom stereocenters. The number of epoxide rings is 1.